The fourth-order valence-corrected chi connectivity index (χ4v) is 2.68. The molecule has 0 aromatic carbocycles. The van der Waals surface area contributed by atoms with Gasteiger partial charge < -0.3 is 19.8 Å². The number of hydrogen-bond donors (Lipinski definition) is 2. The van der Waals surface area contributed by atoms with E-state index in [1.807, 2.05) is 28.9 Å². The fraction of sp³-hybridized carbons (Fsp3) is 0.556. The first kappa shape index (κ1) is 19.7. The molecule has 25 heavy (non-hydrogen) atoms. The molecular weight excluding hydrogens is 382 g/mol. The number of aliphatic imine (C=N–C) groups is 1. The molecule has 0 aliphatic carbocycles. The lowest BCUT2D eigenvalue weighted by Crippen LogP contribution is -2.38. The summed E-state index contributed by atoms with van der Waals surface area (Å²) in [6, 6.07) is 3.98. The number of halogens is 1. The molecule has 0 spiro atoms. The third-order valence-corrected chi connectivity index (χ3v) is 4.08. The van der Waals surface area contributed by atoms with Crippen molar-refractivity contribution in [3.8, 4) is 0 Å². The Morgan fingerprint density at radius 3 is 2.84 bits per heavy atom. The highest BCUT2D eigenvalue weighted by Gasteiger charge is 2.03. The van der Waals surface area contributed by atoms with Gasteiger partial charge >= 0.3 is 0 Å². The Bertz CT molecular complexity index is 671. The van der Waals surface area contributed by atoms with Crippen LogP contribution in [0.1, 0.15) is 38.8 Å². The van der Waals surface area contributed by atoms with E-state index in [2.05, 4.69) is 50.4 Å². The van der Waals surface area contributed by atoms with Crippen LogP contribution in [-0.2, 0) is 11.3 Å². The average molecular weight is 410 g/mol. The van der Waals surface area contributed by atoms with Crippen molar-refractivity contribution in [3.05, 3.63) is 34.7 Å². The van der Waals surface area contributed by atoms with Gasteiger partial charge in [0.25, 0.3) is 0 Å². The molecule has 0 bridgehead atoms. The molecular formula is C18H28BrN5O. The van der Waals surface area contributed by atoms with Crippen molar-refractivity contribution in [2.24, 2.45) is 4.99 Å². The van der Waals surface area contributed by atoms with Crippen molar-refractivity contribution in [1.82, 2.24) is 20.0 Å². The zero-order chi connectivity index (χ0) is 17.9. The number of imidazole rings is 1. The SMILES string of the molecule is CCCCOCCCNC(=NCc1cn2cc(Br)ccc2n1)NCC. The van der Waals surface area contributed by atoms with E-state index in [1.165, 1.54) is 6.42 Å². The zero-order valence-corrected chi connectivity index (χ0v) is 16.7. The molecule has 0 saturated heterocycles. The Labute approximate surface area is 158 Å². The van der Waals surface area contributed by atoms with Crippen molar-refractivity contribution in [1.29, 1.82) is 0 Å². The van der Waals surface area contributed by atoms with Gasteiger partial charge in [0.2, 0.25) is 0 Å². The van der Waals surface area contributed by atoms with E-state index in [9.17, 15) is 0 Å². The van der Waals surface area contributed by atoms with Gasteiger partial charge in [-0.25, -0.2) is 9.98 Å². The predicted molar refractivity (Wildman–Crippen MR) is 106 cm³/mol. The standard InChI is InChI=1S/C18H28BrN5O/c1-3-5-10-25-11-6-9-21-18(20-4-2)22-12-16-14-24-13-15(19)7-8-17(24)23-16/h7-8,13-14H,3-6,9-12H2,1-2H3,(H2,20,21,22). The molecule has 0 aliphatic rings. The summed E-state index contributed by atoms with van der Waals surface area (Å²) in [4.78, 5) is 9.20. The van der Waals surface area contributed by atoms with E-state index in [4.69, 9.17) is 4.74 Å². The second-order valence-corrected chi connectivity index (χ2v) is 6.70. The van der Waals surface area contributed by atoms with Crippen LogP contribution in [-0.4, -0.2) is 41.6 Å². The van der Waals surface area contributed by atoms with Gasteiger partial charge in [0.05, 0.1) is 12.2 Å². The Hall–Kier alpha value is -1.60. The van der Waals surface area contributed by atoms with Crippen molar-refractivity contribution < 1.29 is 4.74 Å². The Morgan fingerprint density at radius 1 is 1.20 bits per heavy atom. The maximum atomic E-state index is 5.57. The minimum atomic E-state index is 0.543. The average Bonchev–Trinajstić information content (AvgIpc) is 3.00. The van der Waals surface area contributed by atoms with Crippen molar-refractivity contribution in [2.75, 3.05) is 26.3 Å². The van der Waals surface area contributed by atoms with Gasteiger partial charge in [-0.2, -0.15) is 0 Å². The van der Waals surface area contributed by atoms with Gasteiger partial charge in [-0.15, -0.1) is 0 Å². The van der Waals surface area contributed by atoms with Crippen LogP contribution in [0.5, 0.6) is 0 Å². The van der Waals surface area contributed by atoms with Gasteiger partial charge in [-0.3, -0.25) is 0 Å². The summed E-state index contributed by atoms with van der Waals surface area (Å²) >= 11 is 3.47. The number of ether oxygens (including phenoxy) is 1. The maximum absolute atomic E-state index is 5.57. The molecule has 0 saturated carbocycles. The van der Waals surface area contributed by atoms with Crippen LogP contribution in [0.2, 0.25) is 0 Å². The molecule has 2 aromatic heterocycles. The first-order chi connectivity index (χ1) is 12.2. The fourth-order valence-electron chi connectivity index (χ4n) is 2.32. The number of aromatic nitrogens is 2. The highest BCUT2D eigenvalue weighted by atomic mass is 79.9. The van der Waals surface area contributed by atoms with Gasteiger partial charge in [-0.05, 0) is 47.8 Å². The van der Waals surface area contributed by atoms with Crippen molar-refractivity contribution >= 4 is 27.5 Å². The lowest BCUT2D eigenvalue weighted by atomic mass is 10.4. The normalized spacial score (nSPS) is 11.9. The Balaban J connectivity index is 1.81. The second kappa shape index (κ2) is 11.1. The minimum absolute atomic E-state index is 0.543. The molecule has 2 rings (SSSR count). The lowest BCUT2D eigenvalue weighted by molar-refractivity contribution is 0.129. The second-order valence-electron chi connectivity index (χ2n) is 5.79. The summed E-state index contributed by atoms with van der Waals surface area (Å²) in [7, 11) is 0. The summed E-state index contributed by atoms with van der Waals surface area (Å²) in [5.74, 6) is 0.814. The van der Waals surface area contributed by atoms with Crippen LogP contribution in [0.25, 0.3) is 5.65 Å². The van der Waals surface area contributed by atoms with E-state index in [1.54, 1.807) is 0 Å². The minimum Gasteiger partial charge on any atom is -0.381 e. The van der Waals surface area contributed by atoms with Crippen molar-refractivity contribution in [3.63, 3.8) is 0 Å². The molecule has 0 amide bonds. The Morgan fingerprint density at radius 2 is 2.04 bits per heavy atom. The predicted octanol–water partition coefficient (Wildman–Crippen LogP) is 3.36. The third-order valence-electron chi connectivity index (χ3n) is 3.61. The topological polar surface area (TPSA) is 63.0 Å². The van der Waals surface area contributed by atoms with E-state index in [-0.39, 0.29) is 0 Å². The van der Waals surface area contributed by atoms with Crippen LogP contribution in [0.4, 0.5) is 0 Å². The molecule has 0 aliphatic heterocycles. The molecule has 2 aromatic rings. The van der Waals surface area contributed by atoms with Crippen molar-refractivity contribution in [2.45, 2.75) is 39.7 Å². The smallest absolute Gasteiger partial charge is 0.191 e. The molecule has 0 atom stereocenters. The quantitative estimate of drug-likeness (QED) is 0.358. The number of nitrogens with zero attached hydrogens (tertiary/aromatic N) is 3. The molecule has 0 radical (unpaired) electrons. The van der Waals surface area contributed by atoms with Gasteiger partial charge in [0, 0.05) is 43.2 Å². The summed E-state index contributed by atoms with van der Waals surface area (Å²) in [6.45, 7) is 8.09. The van der Waals surface area contributed by atoms with Crippen LogP contribution < -0.4 is 10.6 Å². The Kier molecular flexibility index (Phi) is 8.76. The monoisotopic (exact) mass is 409 g/mol. The zero-order valence-electron chi connectivity index (χ0n) is 15.1. The molecule has 0 fully saturated rings. The molecule has 138 valence electrons. The van der Waals surface area contributed by atoms with Gasteiger partial charge in [-0.1, -0.05) is 13.3 Å². The number of hydrogen-bond acceptors (Lipinski definition) is 3. The number of rotatable bonds is 10. The molecule has 7 heteroatoms. The van der Waals surface area contributed by atoms with E-state index >= 15 is 0 Å². The van der Waals surface area contributed by atoms with Gasteiger partial charge in [0.1, 0.15) is 5.65 Å². The van der Waals surface area contributed by atoms with E-state index in [0.29, 0.717) is 6.54 Å². The maximum Gasteiger partial charge on any atom is 0.191 e. The number of guanidine groups is 1. The third kappa shape index (κ3) is 7.04. The highest BCUT2D eigenvalue weighted by Crippen LogP contribution is 2.12. The van der Waals surface area contributed by atoms with Crippen LogP contribution in [0, 0.1) is 0 Å². The first-order valence-electron chi connectivity index (χ1n) is 8.96. The highest BCUT2D eigenvalue weighted by molar-refractivity contribution is 9.10. The number of pyridine rings is 1. The first-order valence-corrected chi connectivity index (χ1v) is 9.75. The molecule has 2 N–H and O–H groups in total. The molecule has 2 heterocycles. The van der Waals surface area contributed by atoms with Crippen LogP contribution in [0.3, 0.4) is 0 Å². The van der Waals surface area contributed by atoms with E-state index in [0.717, 1.165) is 60.9 Å². The summed E-state index contributed by atoms with van der Waals surface area (Å²) in [5.41, 5.74) is 1.87. The van der Waals surface area contributed by atoms with E-state index < -0.39 is 0 Å². The summed E-state index contributed by atoms with van der Waals surface area (Å²) < 4.78 is 8.61. The number of nitrogens with one attached hydrogen (secondary N) is 2. The molecule has 0 unspecified atom stereocenters. The largest absolute Gasteiger partial charge is 0.381 e. The van der Waals surface area contributed by atoms with Crippen LogP contribution >= 0.6 is 15.9 Å². The molecule has 6 nitrogen and oxygen atoms in total. The number of unbranched alkanes of at least 4 members (excludes halogenated alkanes) is 1. The summed E-state index contributed by atoms with van der Waals surface area (Å²) in [6.07, 6.45) is 7.28. The lowest BCUT2D eigenvalue weighted by Gasteiger charge is -2.11. The van der Waals surface area contributed by atoms with Crippen LogP contribution in [0.15, 0.2) is 34.0 Å². The van der Waals surface area contributed by atoms with Gasteiger partial charge in [0.15, 0.2) is 5.96 Å². The number of fused-ring (bicyclic) bond motifs is 1. The summed E-state index contributed by atoms with van der Waals surface area (Å²) in [5, 5.41) is 6.60.